The summed E-state index contributed by atoms with van der Waals surface area (Å²) in [6.07, 6.45) is 2.75. The van der Waals surface area contributed by atoms with E-state index in [2.05, 4.69) is 31.4 Å². The molecule has 2 rings (SSSR count). The van der Waals surface area contributed by atoms with Gasteiger partial charge in [0.2, 0.25) is 0 Å². The predicted molar refractivity (Wildman–Crippen MR) is 82.6 cm³/mol. The zero-order chi connectivity index (χ0) is 17.0. The summed E-state index contributed by atoms with van der Waals surface area (Å²) in [7, 11) is 1.23. The quantitative estimate of drug-likeness (QED) is 0.460. The molecular formula is C13H10BrN4O5-. The van der Waals surface area contributed by atoms with Crippen LogP contribution < -0.4 is 15.3 Å². The van der Waals surface area contributed by atoms with Crippen molar-refractivity contribution in [2.45, 2.75) is 0 Å². The minimum atomic E-state index is -0.824. The fraction of sp³-hybridized carbons (Fsp3) is 0.0769. The Morgan fingerprint density at radius 3 is 2.78 bits per heavy atom. The van der Waals surface area contributed by atoms with Crippen LogP contribution in [-0.4, -0.2) is 29.1 Å². The van der Waals surface area contributed by atoms with E-state index in [9.17, 15) is 20.0 Å². The second kappa shape index (κ2) is 6.92. The standard InChI is InChI=1S/C13H11BrN4O5/c1-23-11-3-7(2-10(12(11)19)18(21)22)5-16-17-13(20)9-4-8(14)6-15-9/h2-6,15,19H,1H3,(H,17,20)/p-1/b16-5-. The molecule has 0 aliphatic heterocycles. The molecule has 0 aliphatic carbocycles. The largest absolute Gasteiger partial charge is 0.865 e. The molecule has 0 bridgehead atoms. The van der Waals surface area contributed by atoms with Gasteiger partial charge in [-0.1, -0.05) is 0 Å². The molecule has 23 heavy (non-hydrogen) atoms. The van der Waals surface area contributed by atoms with Crippen LogP contribution in [-0.2, 0) is 0 Å². The molecule has 0 radical (unpaired) electrons. The van der Waals surface area contributed by atoms with Crippen molar-refractivity contribution in [2.24, 2.45) is 5.10 Å². The van der Waals surface area contributed by atoms with E-state index in [-0.39, 0.29) is 17.0 Å². The molecule has 0 atom stereocenters. The van der Waals surface area contributed by atoms with Crippen molar-refractivity contribution >= 4 is 33.7 Å². The molecule has 0 fully saturated rings. The lowest BCUT2D eigenvalue weighted by molar-refractivity contribution is -0.398. The smallest absolute Gasteiger partial charge is 0.287 e. The number of H-pyrrole nitrogens is 1. The van der Waals surface area contributed by atoms with E-state index in [4.69, 9.17) is 4.74 Å². The highest BCUT2D eigenvalue weighted by molar-refractivity contribution is 9.10. The number of hydrogen-bond donors (Lipinski definition) is 2. The minimum Gasteiger partial charge on any atom is -0.865 e. The molecule has 120 valence electrons. The van der Waals surface area contributed by atoms with Crippen molar-refractivity contribution in [3.63, 3.8) is 0 Å². The number of aromatic amines is 1. The van der Waals surface area contributed by atoms with E-state index in [1.165, 1.54) is 19.4 Å². The van der Waals surface area contributed by atoms with Crippen LogP contribution >= 0.6 is 15.9 Å². The maximum atomic E-state index is 11.7. The molecule has 2 N–H and O–H groups in total. The lowest BCUT2D eigenvalue weighted by atomic mass is 10.2. The van der Waals surface area contributed by atoms with Gasteiger partial charge in [0.15, 0.2) is 0 Å². The van der Waals surface area contributed by atoms with Gasteiger partial charge in [-0.15, -0.1) is 0 Å². The average Bonchev–Trinajstić information content (AvgIpc) is 2.94. The number of methoxy groups -OCH3 is 1. The number of ether oxygens (including phenoxy) is 1. The second-order valence-corrected chi connectivity index (χ2v) is 5.17. The fourth-order valence-corrected chi connectivity index (χ4v) is 2.04. The first kappa shape index (κ1) is 16.5. The van der Waals surface area contributed by atoms with E-state index < -0.39 is 22.3 Å². The third-order valence-corrected chi connectivity index (χ3v) is 3.20. The highest BCUT2D eigenvalue weighted by atomic mass is 79.9. The highest BCUT2D eigenvalue weighted by Crippen LogP contribution is 2.33. The maximum absolute atomic E-state index is 11.7. The molecule has 1 aromatic carbocycles. The Kier molecular flexibility index (Phi) is 4.96. The van der Waals surface area contributed by atoms with Gasteiger partial charge in [-0.05, 0) is 28.1 Å². The first-order valence-corrected chi connectivity index (χ1v) is 6.92. The summed E-state index contributed by atoms with van der Waals surface area (Å²) in [6, 6.07) is 3.90. The highest BCUT2D eigenvalue weighted by Gasteiger charge is 2.13. The molecule has 0 saturated heterocycles. The molecule has 9 nitrogen and oxygen atoms in total. The topological polar surface area (TPSA) is 133 Å². The van der Waals surface area contributed by atoms with Crippen LogP contribution in [0.3, 0.4) is 0 Å². The summed E-state index contributed by atoms with van der Waals surface area (Å²) in [5.41, 5.74) is 2.14. The first-order chi connectivity index (χ1) is 10.9. The lowest BCUT2D eigenvalue weighted by Gasteiger charge is -2.12. The van der Waals surface area contributed by atoms with Crippen molar-refractivity contribution in [3.05, 3.63) is 50.2 Å². The van der Waals surface area contributed by atoms with Crippen LogP contribution in [0.4, 0.5) is 5.69 Å². The monoisotopic (exact) mass is 381 g/mol. The normalized spacial score (nSPS) is 10.7. The molecule has 2 aromatic rings. The molecule has 0 aliphatic rings. The Hall–Kier alpha value is -2.88. The van der Waals surface area contributed by atoms with Crippen LogP contribution in [0.15, 0.2) is 34.0 Å². The van der Waals surface area contributed by atoms with Crippen molar-refractivity contribution in [2.75, 3.05) is 7.11 Å². The number of hydrazone groups is 1. The van der Waals surface area contributed by atoms with Crippen LogP contribution in [0, 0.1) is 10.1 Å². The predicted octanol–water partition coefficient (Wildman–Crippen LogP) is 1.53. The minimum absolute atomic E-state index is 0.180. The fourth-order valence-electron chi connectivity index (χ4n) is 1.69. The van der Waals surface area contributed by atoms with Gasteiger partial charge < -0.3 is 14.8 Å². The zero-order valence-corrected chi connectivity index (χ0v) is 13.3. The number of hydrogen-bond acceptors (Lipinski definition) is 6. The Morgan fingerprint density at radius 1 is 1.48 bits per heavy atom. The summed E-state index contributed by atoms with van der Waals surface area (Å²) >= 11 is 3.19. The van der Waals surface area contributed by atoms with Crippen molar-refractivity contribution in [3.8, 4) is 11.5 Å². The third kappa shape index (κ3) is 3.86. The van der Waals surface area contributed by atoms with Gasteiger partial charge in [0, 0.05) is 28.0 Å². The number of carbonyl (C=O) groups excluding carboxylic acids is 1. The number of nitrogens with zero attached hydrogens (tertiary/aromatic N) is 2. The Bertz CT molecular complexity index is 787. The van der Waals surface area contributed by atoms with E-state index in [1.54, 1.807) is 12.3 Å². The lowest BCUT2D eigenvalue weighted by Crippen LogP contribution is -2.17. The maximum Gasteiger partial charge on any atom is 0.287 e. The number of halogens is 1. The molecule has 0 saturated carbocycles. The van der Waals surface area contributed by atoms with Crippen LogP contribution in [0.2, 0.25) is 0 Å². The zero-order valence-electron chi connectivity index (χ0n) is 11.7. The Labute approximate surface area is 138 Å². The number of nitro benzene ring substituents is 1. The molecular weight excluding hydrogens is 372 g/mol. The van der Waals surface area contributed by atoms with Crippen LogP contribution in [0.1, 0.15) is 16.1 Å². The second-order valence-electron chi connectivity index (χ2n) is 4.26. The molecule has 0 unspecified atom stereocenters. The molecule has 1 amide bonds. The third-order valence-electron chi connectivity index (χ3n) is 2.75. The van der Waals surface area contributed by atoms with Gasteiger partial charge >= 0.3 is 0 Å². The SMILES string of the molecule is COc1cc(/C=N\NC(=O)c2cc(Br)c[nH]2)cc([N+](=O)[O-])c1[O-]. The summed E-state index contributed by atoms with van der Waals surface area (Å²) in [4.78, 5) is 24.5. The van der Waals surface area contributed by atoms with Crippen molar-refractivity contribution in [1.82, 2.24) is 10.4 Å². The molecule has 0 spiro atoms. The molecule has 10 heteroatoms. The molecule has 1 heterocycles. The number of aromatic nitrogens is 1. The van der Waals surface area contributed by atoms with Gasteiger partial charge in [-0.25, -0.2) is 5.43 Å². The van der Waals surface area contributed by atoms with Gasteiger partial charge in [-0.2, -0.15) is 5.10 Å². The summed E-state index contributed by atoms with van der Waals surface area (Å²) < 4.78 is 5.51. The Balaban J connectivity index is 2.17. The van der Waals surface area contributed by atoms with Gasteiger partial charge in [0.25, 0.3) is 11.6 Å². The van der Waals surface area contributed by atoms with E-state index in [0.717, 1.165) is 6.07 Å². The number of nitrogens with one attached hydrogen (secondary N) is 2. The number of benzene rings is 1. The van der Waals surface area contributed by atoms with E-state index >= 15 is 0 Å². The first-order valence-electron chi connectivity index (χ1n) is 6.13. The van der Waals surface area contributed by atoms with Crippen LogP contribution in [0.25, 0.3) is 0 Å². The van der Waals surface area contributed by atoms with Crippen molar-refractivity contribution in [1.29, 1.82) is 0 Å². The average molecular weight is 382 g/mol. The van der Waals surface area contributed by atoms with Gasteiger partial charge in [0.05, 0.1) is 18.2 Å². The Morgan fingerprint density at radius 2 is 2.22 bits per heavy atom. The number of nitro groups is 1. The molecule has 1 aromatic heterocycles. The number of amides is 1. The van der Waals surface area contributed by atoms with Crippen LogP contribution in [0.5, 0.6) is 11.5 Å². The number of rotatable bonds is 5. The number of carbonyl (C=O) groups is 1. The summed E-state index contributed by atoms with van der Waals surface area (Å²) in [5, 5.41) is 26.2. The summed E-state index contributed by atoms with van der Waals surface area (Å²) in [5.74, 6) is -1.50. The van der Waals surface area contributed by atoms with Gasteiger partial charge in [0.1, 0.15) is 11.4 Å². The van der Waals surface area contributed by atoms with E-state index in [1.807, 2.05) is 0 Å². The van der Waals surface area contributed by atoms with Crippen molar-refractivity contribution < 1.29 is 19.6 Å². The summed E-state index contributed by atoms with van der Waals surface area (Å²) in [6.45, 7) is 0. The van der Waals surface area contributed by atoms with Gasteiger partial charge in [-0.3, -0.25) is 14.9 Å². The van der Waals surface area contributed by atoms with E-state index in [0.29, 0.717) is 4.47 Å².